The first-order valence-electron chi connectivity index (χ1n) is 21.3. The molecule has 0 spiro atoms. The second kappa shape index (κ2) is 27.3. The van der Waals surface area contributed by atoms with Gasteiger partial charge in [0.15, 0.2) is 0 Å². The molecule has 9 nitrogen and oxygen atoms in total. The SMILES string of the molecule is COc1ccc(C(C#N)C2(O)CCCCC2)cc1.COc1ccc(C(CN(C)C)C2(O)CCCCC2)cc1.COc1ccc(C(CN)C2(O)CCCCC2)cc1.Cl.ClCCl. The van der Waals surface area contributed by atoms with Crippen molar-refractivity contribution in [3.05, 3.63) is 89.5 Å². The molecular formula is C48H72Cl3N3O6. The van der Waals surface area contributed by atoms with Crippen molar-refractivity contribution in [1.29, 1.82) is 5.26 Å². The molecule has 0 aliphatic heterocycles. The summed E-state index contributed by atoms with van der Waals surface area (Å²) in [6.45, 7) is 1.37. The number of benzene rings is 3. The number of ether oxygens (including phenoxy) is 3. The van der Waals surface area contributed by atoms with E-state index in [-0.39, 0.29) is 29.6 Å². The summed E-state index contributed by atoms with van der Waals surface area (Å²) in [5.41, 5.74) is 7.06. The van der Waals surface area contributed by atoms with Crippen molar-refractivity contribution in [3.63, 3.8) is 0 Å². The Labute approximate surface area is 376 Å². The number of halogens is 3. The molecule has 60 heavy (non-hydrogen) atoms. The van der Waals surface area contributed by atoms with Crippen LogP contribution in [0.5, 0.6) is 17.2 Å². The van der Waals surface area contributed by atoms with Crippen LogP contribution in [0, 0.1) is 11.3 Å². The lowest BCUT2D eigenvalue weighted by Crippen LogP contribution is -2.42. The molecule has 0 saturated heterocycles. The molecule has 0 aromatic heterocycles. The molecule has 336 valence electrons. The van der Waals surface area contributed by atoms with Crippen molar-refractivity contribution in [1.82, 2.24) is 4.90 Å². The van der Waals surface area contributed by atoms with Crippen molar-refractivity contribution in [2.24, 2.45) is 5.73 Å². The minimum absolute atomic E-state index is 0. The van der Waals surface area contributed by atoms with Gasteiger partial charge in [0.2, 0.25) is 0 Å². The zero-order valence-corrected chi connectivity index (χ0v) is 38.9. The van der Waals surface area contributed by atoms with E-state index < -0.39 is 22.7 Å². The topological polar surface area (TPSA) is 141 Å². The number of rotatable bonds is 12. The van der Waals surface area contributed by atoms with Crippen LogP contribution in [0.3, 0.4) is 0 Å². The molecule has 3 fully saturated rings. The van der Waals surface area contributed by atoms with Gasteiger partial charge < -0.3 is 40.2 Å². The predicted octanol–water partition coefficient (Wildman–Crippen LogP) is 10.3. The van der Waals surface area contributed by atoms with Crippen molar-refractivity contribution < 1.29 is 29.5 Å². The first kappa shape index (κ1) is 53.4. The summed E-state index contributed by atoms with van der Waals surface area (Å²) < 4.78 is 15.5. The fraction of sp³-hybridized carbons (Fsp3) is 0.604. The zero-order chi connectivity index (χ0) is 43.3. The molecule has 0 amide bonds. The van der Waals surface area contributed by atoms with Crippen LogP contribution in [-0.4, -0.2) is 90.9 Å². The highest BCUT2D eigenvalue weighted by atomic mass is 35.5. The van der Waals surface area contributed by atoms with Crippen molar-refractivity contribution in [3.8, 4) is 23.3 Å². The Morgan fingerprint density at radius 1 is 0.583 bits per heavy atom. The molecule has 3 aromatic rings. The molecule has 3 unspecified atom stereocenters. The van der Waals surface area contributed by atoms with Crippen LogP contribution in [0.25, 0.3) is 0 Å². The minimum atomic E-state index is -0.860. The van der Waals surface area contributed by atoms with Crippen molar-refractivity contribution in [2.45, 2.75) is 131 Å². The highest BCUT2D eigenvalue weighted by molar-refractivity contribution is 6.40. The van der Waals surface area contributed by atoms with Gasteiger partial charge in [0, 0.05) is 24.9 Å². The van der Waals surface area contributed by atoms with Crippen LogP contribution in [0.4, 0.5) is 0 Å². The molecule has 6 rings (SSSR count). The summed E-state index contributed by atoms with van der Waals surface area (Å²) >= 11 is 9.53. The van der Waals surface area contributed by atoms with Crippen LogP contribution in [-0.2, 0) is 0 Å². The highest BCUT2D eigenvalue weighted by Crippen LogP contribution is 2.42. The Morgan fingerprint density at radius 3 is 1.18 bits per heavy atom. The van der Waals surface area contributed by atoms with E-state index in [1.807, 2.05) is 60.7 Å². The highest BCUT2D eigenvalue weighted by Gasteiger charge is 2.40. The fourth-order valence-electron chi connectivity index (χ4n) is 9.07. The summed E-state index contributed by atoms with van der Waals surface area (Å²) in [5, 5.41) is 42.1. The quantitative estimate of drug-likeness (QED) is 0.131. The molecular weight excluding hydrogens is 821 g/mol. The summed E-state index contributed by atoms with van der Waals surface area (Å²) in [7, 11) is 9.10. The van der Waals surface area contributed by atoms with E-state index in [0.29, 0.717) is 6.54 Å². The Bertz CT molecular complexity index is 1620. The lowest BCUT2D eigenvalue weighted by atomic mass is 9.72. The van der Waals surface area contributed by atoms with E-state index in [4.69, 9.17) is 43.1 Å². The van der Waals surface area contributed by atoms with Crippen LogP contribution in [0.15, 0.2) is 72.8 Å². The predicted molar refractivity (Wildman–Crippen MR) is 248 cm³/mol. The zero-order valence-electron chi connectivity index (χ0n) is 36.6. The summed E-state index contributed by atoms with van der Waals surface area (Å²) in [6.07, 6.45) is 15.1. The van der Waals surface area contributed by atoms with Gasteiger partial charge in [0.1, 0.15) is 17.2 Å². The lowest BCUT2D eigenvalue weighted by Gasteiger charge is -2.40. The van der Waals surface area contributed by atoms with Gasteiger partial charge in [-0.1, -0.05) is 94.2 Å². The number of methoxy groups -OCH3 is 3. The molecule has 0 radical (unpaired) electrons. The van der Waals surface area contributed by atoms with Crippen molar-refractivity contribution in [2.75, 3.05) is 53.9 Å². The molecule has 3 aromatic carbocycles. The third kappa shape index (κ3) is 15.8. The van der Waals surface area contributed by atoms with Gasteiger partial charge in [-0.25, -0.2) is 0 Å². The van der Waals surface area contributed by atoms with Crippen LogP contribution in [0.1, 0.15) is 131 Å². The number of nitrogens with zero attached hydrogens (tertiary/aromatic N) is 2. The Kier molecular flexibility index (Phi) is 24.3. The van der Waals surface area contributed by atoms with Gasteiger partial charge in [-0.15, -0.1) is 35.6 Å². The third-order valence-corrected chi connectivity index (χ3v) is 12.4. The second-order valence-corrected chi connectivity index (χ2v) is 17.4. The number of likely N-dealkylation sites (N-methyl/N-ethyl adjacent to an activating group) is 1. The lowest BCUT2D eigenvalue weighted by molar-refractivity contribution is -0.0277. The fourth-order valence-corrected chi connectivity index (χ4v) is 9.07. The number of aliphatic hydroxyl groups is 3. The Morgan fingerprint density at radius 2 is 0.883 bits per heavy atom. The number of nitriles is 1. The number of alkyl halides is 2. The van der Waals surface area contributed by atoms with Crippen LogP contribution in [0.2, 0.25) is 0 Å². The van der Waals surface area contributed by atoms with E-state index in [1.54, 1.807) is 21.3 Å². The molecule has 0 bridgehead atoms. The van der Waals surface area contributed by atoms with Gasteiger partial charge in [-0.2, -0.15) is 5.26 Å². The van der Waals surface area contributed by atoms with Gasteiger partial charge in [0.25, 0.3) is 0 Å². The van der Waals surface area contributed by atoms with Gasteiger partial charge >= 0.3 is 0 Å². The maximum absolute atomic E-state index is 11.1. The summed E-state index contributed by atoms with van der Waals surface area (Å²) in [5.74, 6) is 2.24. The van der Waals surface area contributed by atoms with Crippen molar-refractivity contribution >= 4 is 35.6 Å². The first-order valence-corrected chi connectivity index (χ1v) is 22.4. The van der Waals surface area contributed by atoms with Gasteiger partial charge in [-0.05, 0) is 106 Å². The standard InChI is InChI=1S/C17H27NO2.C15H23NO2.C15H19NO2.CH2Cl2.ClH/c1-18(2)13-16(17(19)11-5-4-6-12-17)14-7-9-15(20-3)10-8-14;2*1-18-13-7-5-12(6-8-13)14(11-16)15(17)9-3-2-4-10-15;2-1-3;/h7-10,16,19H,4-6,11-13H2,1-3H3;5-8,14,17H,2-4,9-11,16H2,1H3;5-8,14,17H,2-4,9-10H2,1H3;1H2;1H. The summed E-state index contributed by atoms with van der Waals surface area (Å²) in [6, 6.07) is 25.8. The van der Waals surface area contributed by atoms with Gasteiger partial charge in [0.05, 0.1) is 55.5 Å². The van der Waals surface area contributed by atoms with Crippen LogP contribution >= 0.6 is 35.6 Å². The summed E-state index contributed by atoms with van der Waals surface area (Å²) in [4.78, 5) is 2.17. The Hall–Kier alpha value is -2.78. The number of hydrogen-bond acceptors (Lipinski definition) is 9. The average molecular weight is 893 g/mol. The molecule has 3 aliphatic carbocycles. The Balaban J connectivity index is 0.000000298. The average Bonchev–Trinajstić information content (AvgIpc) is 3.25. The van der Waals surface area contributed by atoms with E-state index in [9.17, 15) is 20.6 Å². The van der Waals surface area contributed by atoms with E-state index >= 15 is 0 Å². The molecule has 3 saturated carbocycles. The molecule has 3 atom stereocenters. The van der Waals surface area contributed by atoms with E-state index in [2.05, 4.69) is 37.2 Å². The number of nitrogens with two attached hydrogens (primary N) is 1. The minimum Gasteiger partial charge on any atom is -0.497 e. The monoisotopic (exact) mass is 891 g/mol. The van der Waals surface area contributed by atoms with E-state index in [1.165, 1.54) is 18.4 Å². The first-order chi connectivity index (χ1) is 28.3. The second-order valence-electron chi connectivity index (χ2n) is 16.6. The molecule has 12 heteroatoms. The molecule has 0 heterocycles. The molecule has 5 N–H and O–H groups in total. The molecule has 3 aliphatic rings. The smallest absolute Gasteiger partial charge is 0.118 e. The van der Waals surface area contributed by atoms with Crippen LogP contribution < -0.4 is 19.9 Å². The third-order valence-electron chi connectivity index (χ3n) is 12.4. The largest absolute Gasteiger partial charge is 0.497 e. The maximum atomic E-state index is 11.1. The maximum Gasteiger partial charge on any atom is 0.118 e. The number of hydrogen-bond donors (Lipinski definition) is 4. The van der Waals surface area contributed by atoms with Gasteiger partial charge in [-0.3, -0.25) is 0 Å². The van der Waals surface area contributed by atoms with E-state index in [0.717, 1.165) is 118 Å². The normalized spacial score (nSPS) is 19.0.